The second-order valence-corrected chi connectivity index (χ2v) is 7.80. The summed E-state index contributed by atoms with van der Waals surface area (Å²) in [7, 11) is 1.82. The number of rotatable bonds is 2. The molecule has 3 heterocycles. The van der Waals surface area contributed by atoms with Gasteiger partial charge in [-0.15, -0.1) is 0 Å². The van der Waals surface area contributed by atoms with E-state index in [0.29, 0.717) is 5.69 Å². The van der Waals surface area contributed by atoms with Gasteiger partial charge in [-0.25, -0.2) is 0 Å². The molecule has 5 nitrogen and oxygen atoms in total. The lowest BCUT2D eigenvalue weighted by Gasteiger charge is -2.40. The Kier molecular flexibility index (Phi) is 3.71. The van der Waals surface area contributed by atoms with E-state index in [2.05, 4.69) is 23.3 Å². The predicted molar refractivity (Wildman–Crippen MR) is 102 cm³/mol. The lowest BCUT2D eigenvalue weighted by molar-refractivity contribution is 0.0655. The molecule has 3 aromatic rings. The largest absolute Gasteiger partial charge is 0.472 e. The maximum Gasteiger partial charge on any atom is 0.272 e. The van der Waals surface area contributed by atoms with E-state index in [1.54, 1.807) is 29.5 Å². The Balaban J connectivity index is 1.35. The van der Waals surface area contributed by atoms with E-state index in [1.165, 1.54) is 23.1 Å². The third-order valence-corrected chi connectivity index (χ3v) is 6.45. The number of hydrogen-bond donors (Lipinski definition) is 0. The Bertz CT molecular complexity index is 979. The standard InChI is InChI=1S/C22H23N3O2/c1-24-20(5-10-23-24)21(26)25-11-8-22(9-12-25)7-4-17-14-16(2-3-19(17)22)18-6-13-27-15-18/h2-3,5-6,10,13-15H,4,7-9,11-12H2,1H3. The normalized spacial score (nSPS) is 18.0. The maximum atomic E-state index is 12.8. The van der Waals surface area contributed by atoms with E-state index < -0.39 is 0 Å². The van der Waals surface area contributed by atoms with Gasteiger partial charge in [-0.3, -0.25) is 9.48 Å². The fourth-order valence-corrected chi connectivity index (χ4v) is 4.84. The number of nitrogens with zero attached hydrogens (tertiary/aromatic N) is 3. The van der Waals surface area contributed by atoms with E-state index in [-0.39, 0.29) is 11.3 Å². The van der Waals surface area contributed by atoms with Crippen molar-refractivity contribution in [2.24, 2.45) is 7.05 Å². The molecule has 1 aliphatic heterocycles. The van der Waals surface area contributed by atoms with Crippen LogP contribution in [0.15, 0.2) is 53.5 Å². The maximum absolute atomic E-state index is 12.8. The average Bonchev–Trinajstić information content (AvgIpc) is 3.43. The zero-order valence-corrected chi connectivity index (χ0v) is 15.5. The first-order chi connectivity index (χ1) is 13.2. The van der Waals surface area contributed by atoms with Gasteiger partial charge >= 0.3 is 0 Å². The summed E-state index contributed by atoms with van der Waals surface area (Å²) in [6.07, 6.45) is 9.59. The summed E-state index contributed by atoms with van der Waals surface area (Å²) in [4.78, 5) is 14.7. The number of carbonyl (C=O) groups is 1. The monoisotopic (exact) mass is 361 g/mol. The molecule has 0 N–H and O–H groups in total. The quantitative estimate of drug-likeness (QED) is 0.698. The molecule has 1 fully saturated rings. The Morgan fingerprint density at radius 3 is 2.67 bits per heavy atom. The number of aryl methyl sites for hydroxylation is 2. The summed E-state index contributed by atoms with van der Waals surface area (Å²) in [5.74, 6) is 0.0957. The van der Waals surface area contributed by atoms with Crippen molar-refractivity contribution in [1.29, 1.82) is 0 Å². The van der Waals surface area contributed by atoms with Gasteiger partial charge in [0, 0.05) is 31.9 Å². The van der Waals surface area contributed by atoms with Gasteiger partial charge in [-0.1, -0.05) is 18.2 Å². The third-order valence-electron chi connectivity index (χ3n) is 6.45. The minimum Gasteiger partial charge on any atom is -0.472 e. The minimum absolute atomic E-state index is 0.0957. The molecule has 1 amide bonds. The number of fused-ring (bicyclic) bond motifs is 2. The van der Waals surface area contributed by atoms with Gasteiger partial charge in [0.25, 0.3) is 5.91 Å². The lowest BCUT2D eigenvalue weighted by atomic mass is 9.73. The number of piperidine rings is 1. The number of likely N-dealkylation sites (tertiary alicyclic amines) is 1. The SMILES string of the molecule is Cn1nccc1C(=O)N1CCC2(CCc3cc(-c4ccoc4)ccc32)CC1. The number of carbonyl (C=O) groups excluding carboxylic acids is 1. The summed E-state index contributed by atoms with van der Waals surface area (Å²) >= 11 is 0. The second-order valence-electron chi connectivity index (χ2n) is 7.80. The average molecular weight is 361 g/mol. The third kappa shape index (κ3) is 2.60. The van der Waals surface area contributed by atoms with Crippen LogP contribution in [0, 0.1) is 0 Å². The molecule has 1 aromatic carbocycles. The molecule has 1 saturated heterocycles. The van der Waals surface area contributed by atoms with Gasteiger partial charge < -0.3 is 9.32 Å². The molecular formula is C22H23N3O2. The lowest BCUT2D eigenvalue weighted by Crippen LogP contribution is -2.44. The van der Waals surface area contributed by atoms with Gasteiger partial charge in [-0.05, 0) is 59.9 Å². The van der Waals surface area contributed by atoms with Crippen LogP contribution in [0.2, 0.25) is 0 Å². The zero-order chi connectivity index (χ0) is 18.4. The van der Waals surface area contributed by atoms with E-state index in [1.807, 2.05) is 18.0 Å². The number of aromatic nitrogens is 2. The molecule has 0 unspecified atom stereocenters. The van der Waals surface area contributed by atoms with E-state index >= 15 is 0 Å². The highest BCUT2D eigenvalue weighted by Crippen LogP contribution is 2.47. The zero-order valence-electron chi connectivity index (χ0n) is 15.5. The van der Waals surface area contributed by atoms with Crippen molar-refractivity contribution in [3.63, 3.8) is 0 Å². The van der Waals surface area contributed by atoms with E-state index in [9.17, 15) is 4.79 Å². The molecule has 5 rings (SSSR count). The predicted octanol–water partition coefficient (Wildman–Crippen LogP) is 3.80. The van der Waals surface area contributed by atoms with Crippen LogP contribution in [0.5, 0.6) is 0 Å². The van der Waals surface area contributed by atoms with Crippen molar-refractivity contribution in [3.8, 4) is 11.1 Å². The molecule has 0 atom stereocenters. The molecular weight excluding hydrogens is 338 g/mol. The Morgan fingerprint density at radius 2 is 1.96 bits per heavy atom. The first kappa shape index (κ1) is 16.4. The van der Waals surface area contributed by atoms with Crippen LogP contribution in [0.3, 0.4) is 0 Å². The number of benzene rings is 1. The first-order valence-corrected chi connectivity index (χ1v) is 9.60. The van der Waals surface area contributed by atoms with Crippen LogP contribution < -0.4 is 0 Å². The highest BCUT2D eigenvalue weighted by molar-refractivity contribution is 5.92. The summed E-state index contributed by atoms with van der Waals surface area (Å²) in [5, 5.41) is 4.13. The molecule has 0 saturated carbocycles. The van der Waals surface area contributed by atoms with Gasteiger partial charge in [-0.2, -0.15) is 5.10 Å². The number of furan rings is 1. The summed E-state index contributed by atoms with van der Waals surface area (Å²) in [5.41, 5.74) is 6.21. The van der Waals surface area contributed by atoms with Crippen molar-refractivity contribution in [1.82, 2.24) is 14.7 Å². The Hall–Kier alpha value is -2.82. The molecule has 1 aliphatic carbocycles. The first-order valence-electron chi connectivity index (χ1n) is 9.60. The molecule has 2 aromatic heterocycles. The summed E-state index contributed by atoms with van der Waals surface area (Å²) in [6, 6.07) is 10.7. The summed E-state index contributed by atoms with van der Waals surface area (Å²) in [6.45, 7) is 1.62. The fraction of sp³-hybridized carbons (Fsp3) is 0.364. The topological polar surface area (TPSA) is 51.3 Å². The Morgan fingerprint density at radius 1 is 1.11 bits per heavy atom. The molecule has 0 radical (unpaired) electrons. The Labute approximate surface area is 158 Å². The summed E-state index contributed by atoms with van der Waals surface area (Å²) < 4.78 is 6.89. The van der Waals surface area contributed by atoms with Crippen LogP contribution >= 0.6 is 0 Å². The van der Waals surface area contributed by atoms with Crippen molar-refractivity contribution in [2.75, 3.05) is 13.1 Å². The van der Waals surface area contributed by atoms with Gasteiger partial charge in [0.05, 0.1) is 12.5 Å². The van der Waals surface area contributed by atoms with Crippen molar-refractivity contribution < 1.29 is 9.21 Å². The van der Waals surface area contributed by atoms with Gasteiger partial charge in [0.2, 0.25) is 0 Å². The highest BCUT2D eigenvalue weighted by Gasteiger charge is 2.42. The number of amides is 1. The van der Waals surface area contributed by atoms with Crippen LogP contribution in [0.1, 0.15) is 40.9 Å². The molecule has 5 heteroatoms. The van der Waals surface area contributed by atoms with Crippen molar-refractivity contribution >= 4 is 5.91 Å². The number of hydrogen-bond acceptors (Lipinski definition) is 3. The van der Waals surface area contributed by atoms with Gasteiger partial charge in [0.15, 0.2) is 0 Å². The molecule has 0 bridgehead atoms. The van der Waals surface area contributed by atoms with Crippen LogP contribution in [-0.4, -0.2) is 33.7 Å². The van der Waals surface area contributed by atoms with Crippen LogP contribution in [0.4, 0.5) is 0 Å². The van der Waals surface area contributed by atoms with Crippen molar-refractivity contribution in [2.45, 2.75) is 31.1 Å². The van der Waals surface area contributed by atoms with Crippen molar-refractivity contribution in [3.05, 3.63) is 65.9 Å². The second kappa shape index (κ2) is 6.12. The fourth-order valence-electron chi connectivity index (χ4n) is 4.84. The molecule has 27 heavy (non-hydrogen) atoms. The highest BCUT2D eigenvalue weighted by atomic mass is 16.3. The molecule has 138 valence electrons. The van der Waals surface area contributed by atoms with Crippen LogP contribution in [0.25, 0.3) is 11.1 Å². The van der Waals surface area contributed by atoms with E-state index in [0.717, 1.165) is 37.9 Å². The molecule has 1 spiro atoms. The van der Waals surface area contributed by atoms with E-state index in [4.69, 9.17) is 4.42 Å². The smallest absolute Gasteiger partial charge is 0.272 e. The van der Waals surface area contributed by atoms with Crippen LogP contribution in [-0.2, 0) is 18.9 Å². The molecule has 2 aliphatic rings. The minimum atomic E-state index is 0.0957. The van der Waals surface area contributed by atoms with Gasteiger partial charge in [0.1, 0.15) is 5.69 Å².